The van der Waals surface area contributed by atoms with E-state index in [9.17, 15) is 0 Å². The lowest BCUT2D eigenvalue weighted by atomic mass is 9.81. The molecular weight excluding hydrogens is 709 g/mol. The van der Waals surface area contributed by atoms with Crippen molar-refractivity contribution in [2.45, 2.75) is 303 Å². The highest BCUT2D eigenvalue weighted by atomic mass is 14.2. The SMILES string of the molecule is CCCCCCCCCCCCCCCCCCC(CCCCc1ccccc1)c1cccc(CCCCCCCCCCCC)c1CCCCCCCCCCCC. The molecule has 1 unspecified atom stereocenters. The second kappa shape index (κ2) is 41.8. The molecule has 0 heteroatoms. The molecule has 0 spiro atoms. The zero-order chi connectivity index (χ0) is 41.9. The van der Waals surface area contributed by atoms with Crippen molar-refractivity contribution in [2.24, 2.45) is 0 Å². The normalized spacial score (nSPS) is 12.1. The van der Waals surface area contributed by atoms with Crippen molar-refractivity contribution in [3.8, 4) is 0 Å². The smallest absolute Gasteiger partial charge is 0.0159 e. The van der Waals surface area contributed by atoms with Crippen LogP contribution in [0.2, 0.25) is 0 Å². The van der Waals surface area contributed by atoms with Gasteiger partial charge in [-0.25, -0.2) is 0 Å². The van der Waals surface area contributed by atoms with Gasteiger partial charge in [0.15, 0.2) is 0 Å². The molecule has 0 bridgehead atoms. The van der Waals surface area contributed by atoms with Crippen molar-refractivity contribution in [3.05, 3.63) is 70.8 Å². The Bertz CT molecular complexity index is 1110. The molecule has 2 aromatic rings. The molecule has 0 heterocycles. The van der Waals surface area contributed by atoms with E-state index in [0.29, 0.717) is 0 Å². The van der Waals surface area contributed by atoms with Crippen LogP contribution < -0.4 is 0 Å². The van der Waals surface area contributed by atoms with E-state index in [1.54, 1.807) is 16.7 Å². The van der Waals surface area contributed by atoms with Crippen LogP contribution >= 0.6 is 0 Å². The van der Waals surface area contributed by atoms with Gasteiger partial charge in [0.2, 0.25) is 0 Å². The highest BCUT2D eigenvalue weighted by Crippen LogP contribution is 2.34. The van der Waals surface area contributed by atoms with Gasteiger partial charge >= 0.3 is 0 Å². The van der Waals surface area contributed by atoms with Gasteiger partial charge in [0.1, 0.15) is 0 Å². The Morgan fingerprint density at radius 3 is 1.05 bits per heavy atom. The van der Waals surface area contributed by atoms with E-state index in [2.05, 4.69) is 69.3 Å². The monoisotopic (exact) mass is 813 g/mol. The molecule has 59 heavy (non-hydrogen) atoms. The average Bonchev–Trinajstić information content (AvgIpc) is 3.26. The average molecular weight is 813 g/mol. The first-order valence-corrected chi connectivity index (χ1v) is 27.4. The van der Waals surface area contributed by atoms with Crippen molar-refractivity contribution in [1.29, 1.82) is 0 Å². The molecule has 0 nitrogen and oxygen atoms in total. The second-order valence-electron chi connectivity index (χ2n) is 19.4. The zero-order valence-corrected chi connectivity index (χ0v) is 40.6. The van der Waals surface area contributed by atoms with E-state index in [4.69, 9.17) is 0 Å². The Kier molecular flexibility index (Phi) is 37.9. The van der Waals surface area contributed by atoms with Crippen LogP contribution in [0.1, 0.15) is 306 Å². The van der Waals surface area contributed by atoms with Gasteiger partial charge in [-0.2, -0.15) is 0 Å². The molecule has 0 fully saturated rings. The maximum Gasteiger partial charge on any atom is -0.0159 e. The highest BCUT2D eigenvalue weighted by Gasteiger charge is 2.18. The number of hydrogen-bond acceptors (Lipinski definition) is 0. The van der Waals surface area contributed by atoms with Crippen LogP contribution in [-0.2, 0) is 19.3 Å². The minimum absolute atomic E-state index is 0.739. The Labute approximate surface area is 372 Å². The third-order valence-electron chi connectivity index (χ3n) is 13.8. The zero-order valence-electron chi connectivity index (χ0n) is 40.6. The van der Waals surface area contributed by atoms with Gasteiger partial charge in [-0.15, -0.1) is 0 Å². The number of rotatable bonds is 45. The molecule has 0 aliphatic heterocycles. The molecule has 0 saturated heterocycles. The fourth-order valence-electron chi connectivity index (χ4n) is 9.93. The summed E-state index contributed by atoms with van der Waals surface area (Å²) in [4.78, 5) is 0. The van der Waals surface area contributed by atoms with Crippen LogP contribution in [0.4, 0.5) is 0 Å². The van der Waals surface area contributed by atoms with Gasteiger partial charge in [-0.05, 0) is 79.5 Å². The lowest BCUT2D eigenvalue weighted by Gasteiger charge is -2.24. The van der Waals surface area contributed by atoms with Crippen LogP contribution in [0.15, 0.2) is 48.5 Å². The van der Waals surface area contributed by atoms with E-state index in [1.165, 1.54) is 282 Å². The van der Waals surface area contributed by atoms with Crippen LogP contribution in [0.25, 0.3) is 0 Å². The maximum absolute atomic E-state index is 2.60. The Hall–Kier alpha value is -1.56. The molecule has 0 aliphatic carbocycles. The Balaban J connectivity index is 1.92. The summed E-state index contributed by atoms with van der Waals surface area (Å²) in [7, 11) is 0. The number of unbranched alkanes of at least 4 members (excludes halogenated alkanes) is 34. The van der Waals surface area contributed by atoms with E-state index >= 15 is 0 Å². The van der Waals surface area contributed by atoms with E-state index in [1.807, 2.05) is 0 Å². The van der Waals surface area contributed by atoms with Gasteiger partial charge in [-0.3, -0.25) is 0 Å². The maximum atomic E-state index is 2.60. The molecule has 0 saturated carbocycles. The topological polar surface area (TPSA) is 0 Å². The molecule has 340 valence electrons. The molecule has 1 atom stereocenters. The predicted octanol–water partition coefficient (Wildman–Crippen LogP) is 20.8. The first kappa shape index (κ1) is 53.6. The second-order valence-corrected chi connectivity index (χ2v) is 19.4. The summed E-state index contributed by atoms with van der Waals surface area (Å²) in [5.41, 5.74) is 6.81. The van der Waals surface area contributed by atoms with Crippen LogP contribution in [-0.4, -0.2) is 0 Å². The van der Waals surface area contributed by atoms with Gasteiger partial charge in [0, 0.05) is 0 Å². The molecule has 0 radical (unpaired) electrons. The minimum Gasteiger partial charge on any atom is -0.0654 e. The van der Waals surface area contributed by atoms with Crippen LogP contribution in [0.3, 0.4) is 0 Å². The highest BCUT2D eigenvalue weighted by molar-refractivity contribution is 5.38. The summed E-state index contributed by atoms with van der Waals surface area (Å²) >= 11 is 0. The quantitative estimate of drug-likeness (QED) is 0.0585. The van der Waals surface area contributed by atoms with Crippen LogP contribution in [0.5, 0.6) is 0 Å². The summed E-state index contributed by atoms with van der Waals surface area (Å²) in [5.74, 6) is 0.739. The minimum atomic E-state index is 0.739. The molecule has 2 aromatic carbocycles. The lowest BCUT2D eigenvalue weighted by molar-refractivity contribution is 0.487. The van der Waals surface area contributed by atoms with Crippen molar-refractivity contribution in [1.82, 2.24) is 0 Å². The Morgan fingerprint density at radius 2 is 0.627 bits per heavy atom. The molecule has 0 N–H and O–H groups in total. The number of aryl methyl sites for hydroxylation is 2. The van der Waals surface area contributed by atoms with Gasteiger partial charge in [0.05, 0.1) is 0 Å². The largest absolute Gasteiger partial charge is 0.0654 e. The molecule has 0 amide bonds. The third-order valence-corrected chi connectivity index (χ3v) is 13.8. The fraction of sp³-hybridized carbons (Fsp3) is 0.797. The lowest BCUT2D eigenvalue weighted by Crippen LogP contribution is -2.08. The molecule has 0 aliphatic rings. The molecular formula is C59H104. The van der Waals surface area contributed by atoms with Gasteiger partial charge in [-0.1, -0.05) is 294 Å². The first-order valence-electron chi connectivity index (χ1n) is 27.4. The van der Waals surface area contributed by atoms with Gasteiger partial charge < -0.3 is 0 Å². The number of benzene rings is 2. The van der Waals surface area contributed by atoms with Crippen molar-refractivity contribution < 1.29 is 0 Å². The van der Waals surface area contributed by atoms with E-state index in [-0.39, 0.29) is 0 Å². The standard InChI is InChI=1S/C59H104/c1-4-7-10-13-16-19-22-23-24-25-26-27-29-32-34-40-49-56(51-44-43-48-55-46-38-37-39-47-55)59-54-45-52-57(50-41-35-31-28-20-17-14-11-8-5-2)58(59)53-42-36-33-30-21-18-15-12-9-6-3/h37-39,45-47,52,54,56H,4-36,40-44,48-51,53H2,1-3H3. The fourth-order valence-corrected chi connectivity index (χ4v) is 9.93. The molecule has 0 aromatic heterocycles. The van der Waals surface area contributed by atoms with Crippen molar-refractivity contribution >= 4 is 0 Å². The predicted molar refractivity (Wildman–Crippen MR) is 268 cm³/mol. The van der Waals surface area contributed by atoms with Crippen LogP contribution in [0, 0.1) is 0 Å². The summed E-state index contributed by atoms with van der Waals surface area (Å²) in [6.45, 7) is 6.98. The van der Waals surface area contributed by atoms with E-state index < -0.39 is 0 Å². The van der Waals surface area contributed by atoms with Crippen molar-refractivity contribution in [2.75, 3.05) is 0 Å². The van der Waals surface area contributed by atoms with Crippen molar-refractivity contribution in [3.63, 3.8) is 0 Å². The summed E-state index contributed by atoms with van der Waals surface area (Å²) in [5, 5.41) is 0. The third kappa shape index (κ3) is 31.0. The summed E-state index contributed by atoms with van der Waals surface area (Å²) < 4.78 is 0. The summed E-state index contributed by atoms with van der Waals surface area (Å²) in [6, 6.07) is 18.9. The first-order chi connectivity index (χ1) is 29.3. The Morgan fingerprint density at radius 1 is 0.288 bits per heavy atom. The van der Waals surface area contributed by atoms with E-state index in [0.717, 1.165) is 5.92 Å². The molecule has 2 rings (SSSR count). The summed E-state index contributed by atoms with van der Waals surface area (Å²) in [6.07, 6.45) is 61.1. The number of hydrogen-bond donors (Lipinski definition) is 0. The van der Waals surface area contributed by atoms with Gasteiger partial charge in [0.25, 0.3) is 0 Å².